The summed E-state index contributed by atoms with van der Waals surface area (Å²) in [6, 6.07) is 3.59. The zero-order chi connectivity index (χ0) is 20.2. The predicted molar refractivity (Wildman–Crippen MR) is 84.8 cm³/mol. The third-order valence-electron chi connectivity index (χ3n) is 3.98. The maximum Gasteiger partial charge on any atom is 0.436 e. The van der Waals surface area contributed by atoms with Gasteiger partial charge in [-0.15, -0.1) is 0 Å². The van der Waals surface area contributed by atoms with Crippen LogP contribution in [-0.2, 0) is 5.66 Å². The second-order valence-corrected chi connectivity index (χ2v) is 6.29. The minimum atomic E-state index is -5.08. The molecule has 0 radical (unpaired) electrons. The Morgan fingerprint density at radius 2 is 1.70 bits per heavy atom. The lowest BCUT2D eigenvalue weighted by molar-refractivity contribution is -0.196. The number of hydrogen-bond acceptors (Lipinski definition) is 2. The largest absolute Gasteiger partial charge is 0.436 e. The van der Waals surface area contributed by atoms with E-state index >= 15 is 0 Å². The van der Waals surface area contributed by atoms with Crippen LogP contribution >= 0.6 is 11.6 Å². The molecule has 1 N–H and O–H groups in total. The van der Waals surface area contributed by atoms with Crippen LogP contribution in [0.25, 0.3) is 0 Å². The van der Waals surface area contributed by atoms with Gasteiger partial charge in [0.2, 0.25) is 0 Å². The number of amidine groups is 1. The summed E-state index contributed by atoms with van der Waals surface area (Å²) < 4.78 is 80.4. The smallest absolute Gasteiger partial charge is 0.301 e. The molecule has 0 spiro atoms. The first kappa shape index (κ1) is 19.3. The molecule has 4 nitrogen and oxygen atoms in total. The highest BCUT2D eigenvalue weighted by atomic mass is 35.5. The number of nitrogens with one attached hydrogen (secondary N) is 1. The van der Waals surface area contributed by atoms with E-state index in [0.717, 1.165) is 12.1 Å². The number of halogens is 7. The number of alkyl halides is 6. The molecule has 2 heterocycles. The van der Waals surface area contributed by atoms with Crippen molar-refractivity contribution in [1.29, 1.82) is 0 Å². The number of carbonyl (C=O) groups is 1. The number of nitrogens with zero attached hydrogens (tertiary/aromatic N) is 2. The number of carbonyl (C=O) groups excluding carboxylic acids is 1. The Hall–Kier alpha value is -2.49. The Morgan fingerprint density at radius 3 is 2.22 bits per heavy atom. The lowest BCUT2D eigenvalue weighted by Gasteiger charge is -2.41. The monoisotopic (exact) mass is 409 g/mol. The molecular weight excluding hydrogens is 400 g/mol. The molecule has 144 valence electrons. The number of aryl methyl sites for hydroxylation is 1. The summed E-state index contributed by atoms with van der Waals surface area (Å²) in [7, 11) is 0. The SMILES string of the molecule is Cc1ccc([C@]2(C(F)(F)F)N=C3C(Cl)=CC(C(F)(F)F)=CN3C(=O)N2)cc1. The Bertz CT molecular complexity index is 885. The zero-order valence-corrected chi connectivity index (χ0v) is 14.2. The number of aliphatic imine (C=N–C) groups is 1. The maximum absolute atomic E-state index is 13.9. The Balaban J connectivity index is 2.20. The molecule has 3 rings (SSSR count). The number of amides is 2. The second-order valence-electron chi connectivity index (χ2n) is 5.88. The van der Waals surface area contributed by atoms with Gasteiger partial charge in [0.05, 0.1) is 10.6 Å². The summed E-state index contributed by atoms with van der Waals surface area (Å²) in [6.07, 6.45) is -9.16. The first-order valence-electron chi connectivity index (χ1n) is 7.37. The molecule has 2 aliphatic heterocycles. The van der Waals surface area contributed by atoms with E-state index in [1.807, 2.05) is 0 Å². The van der Waals surface area contributed by atoms with Crippen LogP contribution in [0.3, 0.4) is 0 Å². The van der Waals surface area contributed by atoms with Crippen molar-refractivity contribution in [2.45, 2.75) is 24.9 Å². The minimum absolute atomic E-state index is 0.309. The van der Waals surface area contributed by atoms with Crippen molar-refractivity contribution in [2.75, 3.05) is 0 Å². The van der Waals surface area contributed by atoms with Crippen LogP contribution in [0.4, 0.5) is 31.1 Å². The van der Waals surface area contributed by atoms with E-state index in [9.17, 15) is 31.1 Å². The molecule has 0 bridgehead atoms. The fourth-order valence-electron chi connectivity index (χ4n) is 2.60. The van der Waals surface area contributed by atoms with Crippen LogP contribution in [-0.4, -0.2) is 29.1 Å². The molecule has 1 atom stereocenters. The Kier molecular flexibility index (Phi) is 4.29. The van der Waals surface area contributed by atoms with Gasteiger partial charge in [-0.1, -0.05) is 41.4 Å². The molecule has 1 aromatic carbocycles. The number of benzene rings is 1. The summed E-state index contributed by atoms with van der Waals surface area (Å²) in [5.41, 5.74) is -4.21. The van der Waals surface area contributed by atoms with Crippen molar-refractivity contribution >= 4 is 23.5 Å². The molecule has 27 heavy (non-hydrogen) atoms. The zero-order valence-electron chi connectivity index (χ0n) is 13.4. The number of allylic oxidation sites excluding steroid dienone is 2. The van der Waals surface area contributed by atoms with Gasteiger partial charge in [-0.3, -0.25) is 4.90 Å². The highest BCUT2D eigenvalue weighted by Crippen LogP contribution is 2.44. The average molecular weight is 410 g/mol. The van der Waals surface area contributed by atoms with Gasteiger partial charge in [0.25, 0.3) is 5.66 Å². The van der Waals surface area contributed by atoms with Gasteiger partial charge in [-0.05, 0) is 13.0 Å². The third-order valence-corrected chi connectivity index (χ3v) is 4.26. The van der Waals surface area contributed by atoms with Gasteiger partial charge in [0.1, 0.15) is 0 Å². The lowest BCUT2D eigenvalue weighted by Crippen LogP contribution is -2.62. The van der Waals surface area contributed by atoms with Crippen LogP contribution in [0.1, 0.15) is 11.1 Å². The Labute approximate surface area is 153 Å². The first-order valence-corrected chi connectivity index (χ1v) is 7.74. The van der Waals surface area contributed by atoms with Gasteiger partial charge < -0.3 is 5.32 Å². The minimum Gasteiger partial charge on any atom is -0.301 e. The second kappa shape index (κ2) is 6.01. The quantitative estimate of drug-likeness (QED) is 0.670. The number of fused-ring (bicyclic) bond motifs is 1. The normalized spacial score (nSPS) is 23.2. The van der Waals surface area contributed by atoms with Crippen LogP contribution < -0.4 is 5.32 Å². The molecule has 1 aromatic rings. The van der Waals surface area contributed by atoms with Crippen LogP contribution in [0.2, 0.25) is 0 Å². The van der Waals surface area contributed by atoms with Crippen LogP contribution in [0, 0.1) is 6.92 Å². The molecule has 0 aliphatic carbocycles. The first-order chi connectivity index (χ1) is 12.3. The molecule has 0 saturated heterocycles. The molecule has 2 aliphatic rings. The van der Waals surface area contributed by atoms with Gasteiger partial charge in [-0.2, -0.15) is 26.3 Å². The molecule has 0 aromatic heterocycles. The van der Waals surface area contributed by atoms with Gasteiger partial charge >= 0.3 is 18.4 Å². The van der Waals surface area contributed by atoms with Crippen molar-refractivity contribution < 1.29 is 31.1 Å². The summed E-state index contributed by atoms with van der Waals surface area (Å²) in [5.74, 6) is -0.730. The summed E-state index contributed by atoms with van der Waals surface area (Å²) in [4.78, 5) is 16.1. The number of urea groups is 1. The van der Waals surface area contributed by atoms with Gasteiger partial charge in [-0.25, -0.2) is 9.79 Å². The fraction of sp³-hybridized carbons (Fsp3) is 0.250. The van der Waals surface area contributed by atoms with E-state index in [4.69, 9.17) is 11.6 Å². The maximum atomic E-state index is 13.9. The van der Waals surface area contributed by atoms with E-state index in [1.54, 1.807) is 12.2 Å². The molecule has 0 fully saturated rings. The molecule has 11 heteroatoms. The van der Waals surface area contributed by atoms with Crippen molar-refractivity contribution in [2.24, 2.45) is 4.99 Å². The van der Waals surface area contributed by atoms with Crippen LogP contribution in [0.5, 0.6) is 0 Å². The van der Waals surface area contributed by atoms with E-state index in [0.29, 0.717) is 22.7 Å². The van der Waals surface area contributed by atoms with Crippen molar-refractivity contribution in [1.82, 2.24) is 10.2 Å². The summed E-state index contributed by atoms with van der Waals surface area (Å²) in [6.45, 7) is 1.65. The fourth-order valence-corrected chi connectivity index (χ4v) is 2.85. The summed E-state index contributed by atoms with van der Waals surface area (Å²) in [5, 5.41) is 0.938. The van der Waals surface area contributed by atoms with E-state index < -0.39 is 46.1 Å². The van der Waals surface area contributed by atoms with Crippen molar-refractivity contribution in [3.8, 4) is 0 Å². The molecular formula is C16H10ClF6N3O. The van der Waals surface area contributed by atoms with E-state index in [-0.39, 0.29) is 0 Å². The highest BCUT2D eigenvalue weighted by molar-refractivity contribution is 6.44. The highest BCUT2D eigenvalue weighted by Gasteiger charge is 2.61. The third kappa shape index (κ3) is 3.18. The van der Waals surface area contributed by atoms with E-state index in [1.165, 1.54) is 12.1 Å². The number of hydrogen-bond donors (Lipinski definition) is 1. The van der Waals surface area contributed by atoms with Gasteiger partial charge in [0, 0.05) is 11.8 Å². The van der Waals surface area contributed by atoms with Crippen LogP contribution in [0.15, 0.2) is 52.1 Å². The standard InChI is InChI=1S/C16H10ClF6N3O/c1-8-2-4-9(5-3-8)14(16(21,22)23)24-12-11(17)6-10(15(18,19)20)7-26(12)13(27)25-14/h2-7H,1H3,(H,25,27)/t14-/m0/s1. The molecule has 0 unspecified atom stereocenters. The predicted octanol–water partition coefficient (Wildman–Crippen LogP) is 4.72. The van der Waals surface area contributed by atoms with Crippen molar-refractivity contribution in [3.63, 3.8) is 0 Å². The Morgan fingerprint density at radius 1 is 1.11 bits per heavy atom. The molecule has 0 saturated carbocycles. The average Bonchev–Trinajstić information content (AvgIpc) is 2.54. The summed E-state index contributed by atoms with van der Waals surface area (Å²) >= 11 is 5.75. The van der Waals surface area contributed by atoms with Gasteiger partial charge in [0.15, 0.2) is 5.84 Å². The van der Waals surface area contributed by atoms with E-state index in [2.05, 4.69) is 4.99 Å². The lowest BCUT2D eigenvalue weighted by atomic mass is 9.96. The molecule has 2 amide bonds. The van der Waals surface area contributed by atoms with Crippen molar-refractivity contribution in [3.05, 3.63) is 58.3 Å². The topological polar surface area (TPSA) is 44.7 Å². The number of rotatable bonds is 1.